The van der Waals surface area contributed by atoms with Crippen molar-refractivity contribution in [3.8, 4) is 5.88 Å². The van der Waals surface area contributed by atoms with Crippen molar-refractivity contribution in [3.05, 3.63) is 23.4 Å². The summed E-state index contributed by atoms with van der Waals surface area (Å²) in [5.41, 5.74) is 1.86. The van der Waals surface area contributed by atoms with Crippen molar-refractivity contribution in [2.75, 3.05) is 26.2 Å². The van der Waals surface area contributed by atoms with Gasteiger partial charge in [0.25, 0.3) is 0 Å². The van der Waals surface area contributed by atoms with E-state index in [1.165, 1.54) is 25.3 Å². The quantitative estimate of drug-likeness (QED) is 0.861. The first kappa shape index (κ1) is 19.4. The zero-order valence-corrected chi connectivity index (χ0v) is 15.0. The first-order chi connectivity index (χ1) is 12.4. The fraction of sp³-hybridized carbons (Fsp3) is 0.737. The monoisotopic (exact) mass is 372 g/mol. The Morgan fingerprint density at radius 1 is 1.15 bits per heavy atom. The number of fused-ring (bicyclic) bond motifs is 1. The van der Waals surface area contributed by atoms with Crippen molar-refractivity contribution in [3.63, 3.8) is 0 Å². The number of hydrogen-bond donors (Lipinski definition) is 1. The van der Waals surface area contributed by atoms with Crippen LogP contribution in [0.1, 0.15) is 43.4 Å². The Morgan fingerprint density at radius 2 is 1.88 bits per heavy atom. The Labute approximate surface area is 152 Å². The van der Waals surface area contributed by atoms with Crippen LogP contribution in [0.25, 0.3) is 0 Å². The van der Waals surface area contributed by atoms with Gasteiger partial charge in [-0.2, -0.15) is 13.2 Å². The topological polar surface area (TPSA) is 45.6 Å². The number of aliphatic hydroxyl groups is 1. The largest absolute Gasteiger partial charge is 0.468 e. The van der Waals surface area contributed by atoms with Crippen molar-refractivity contribution in [1.82, 2.24) is 9.88 Å². The number of aromatic nitrogens is 1. The SMILES string of the molecule is OC(CN1CCc2ccc(OCC(F)(F)F)nc2CC1)C1CCCCC1. The zero-order valence-electron chi connectivity index (χ0n) is 15.0. The Balaban J connectivity index is 1.54. The average Bonchev–Trinajstić information content (AvgIpc) is 2.82. The first-order valence-corrected chi connectivity index (χ1v) is 9.49. The molecule has 26 heavy (non-hydrogen) atoms. The van der Waals surface area contributed by atoms with E-state index in [0.717, 1.165) is 43.6 Å². The Morgan fingerprint density at radius 3 is 2.62 bits per heavy atom. The number of aliphatic hydroxyl groups excluding tert-OH is 1. The number of pyridine rings is 1. The molecular weight excluding hydrogens is 345 g/mol. The molecule has 1 saturated carbocycles. The summed E-state index contributed by atoms with van der Waals surface area (Å²) in [5.74, 6) is 0.423. The molecule has 146 valence electrons. The van der Waals surface area contributed by atoms with E-state index >= 15 is 0 Å². The maximum absolute atomic E-state index is 12.3. The summed E-state index contributed by atoms with van der Waals surface area (Å²) in [6, 6.07) is 3.33. The van der Waals surface area contributed by atoms with E-state index in [4.69, 9.17) is 4.74 Å². The van der Waals surface area contributed by atoms with Gasteiger partial charge in [-0.05, 0) is 30.7 Å². The highest BCUT2D eigenvalue weighted by atomic mass is 19.4. The standard InChI is InChI=1S/C19H27F3N2O2/c20-19(21,22)13-26-18-7-6-14-8-10-24(11-9-16(14)23-18)12-17(25)15-4-2-1-3-5-15/h6-7,15,17,25H,1-5,8-13H2. The number of halogens is 3. The molecule has 4 nitrogen and oxygen atoms in total. The number of ether oxygens (including phenoxy) is 1. The summed E-state index contributed by atoms with van der Waals surface area (Å²) < 4.78 is 41.6. The molecule has 0 bridgehead atoms. The van der Waals surface area contributed by atoms with Gasteiger partial charge < -0.3 is 14.7 Å². The zero-order chi connectivity index (χ0) is 18.6. The molecule has 2 heterocycles. The van der Waals surface area contributed by atoms with Gasteiger partial charge >= 0.3 is 6.18 Å². The van der Waals surface area contributed by atoms with Crippen LogP contribution in [-0.4, -0.2) is 53.5 Å². The minimum atomic E-state index is -4.36. The summed E-state index contributed by atoms with van der Waals surface area (Å²) in [7, 11) is 0. The lowest BCUT2D eigenvalue weighted by Crippen LogP contribution is -2.38. The second kappa shape index (κ2) is 8.57. The smallest absolute Gasteiger partial charge is 0.422 e. The molecular formula is C19H27F3N2O2. The van der Waals surface area contributed by atoms with Gasteiger partial charge in [-0.1, -0.05) is 25.3 Å². The molecule has 3 rings (SSSR count). The molecule has 1 aromatic rings. The molecule has 2 aliphatic rings. The molecule has 1 aliphatic heterocycles. The van der Waals surface area contributed by atoms with Crippen LogP contribution in [0.2, 0.25) is 0 Å². The minimum Gasteiger partial charge on any atom is -0.468 e. The molecule has 0 radical (unpaired) electrons. The fourth-order valence-corrected chi connectivity index (χ4v) is 3.96. The van der Waals surface area contributed by atoms with Crippen molar-refractivity contribution < 1.29 is 23.0 Å². The summed E-state index contributed by atoms with van der Waals surface area (Å²) in [4.78, 5) is 6.52. The van der Waals surface area contributed by atoms with Crippen LogP contribution >= 0.6 is 0 Å². The summed E-state index contributed by atoms with van der Waals surface area (Å²) in [6.45, 7) is 0.933. The van der Waals surface area contributed by atoms with Crippen LogP contribution in [0.3, 0.4) is 0 Å². The second-order valence-electron chi connectivity index (χ2n) is 7.43. The van der Waals surface area contributed by atoms with Gasteiger partial charge in [0.1, 0.15) is 0 Å². The van der Waals surface area contributed by atoms with E-state index < -0.39 is 12.8 Å². The highest BCUT2D eigenvalue weighted by Crippen LogP contribution is 2.27. The van der Waals surface area contributed by atoms with E-state index in [1.54, 1.807) is 0 Å². The maximum atomic E-state index is 12.3. The van der Waals surface area contributed by atoms with E-state index in [2.05, 4.69) is 9.88 Å². The Kier molecular flexibility index (Phi) is 6.40. The number of β-amino-alcohol motifs (C(OH)–C–C–N with tert-alkyl or cyclic N) is 1. The van der Waals surface area contributed by atoms with Crippen LogP contribution in [0.4, 0.5) is 13.2 Å². The van der Waals surface area contributed by atoms with E-state index in [1.807, 2.05) is 6.07 Å². The van der Waals surface area contributed by atoms with E-state index in [0.29, 0.717) is 18.9 Å². The molecule has 1 fully saturated rings. The number of alkyl halides is 3. The third kappa shape index (κ3) is 5.58. The molecule has 0 spiro atoms. The van der Waals surface area contributed by atoms with Crippen LogP contribution in [0.15, 0.2) is 12.1 Å². The highest BCUT2D eigenvalue weighted by molar-refractivity contribution is 5.27. The Bertz CT molecular complexity index is 589. The molecule has 1 atom stereocenters. The van der Waals surface area contributed by atoms with Crippen molar-refractivity contribution in [1.29, 1.82) is 0 Å². The van der Waals surface area contributed by atoms with Gasteiger partial charge in [-0.15, -0.1) is 0 Å². The van der Waals surface area contributed by atoms with Crippen LogP contribution in [0, 0.1) is 5.92 Å². The van der Waals surface area contributed by atoms with E-state index in [9.17, 15) is 18.3 Å². The van der Waals surface area contributed by atoms with Crippen molar-refractivity contribution >= 4 is 0 Å². The molecule has 0 saturated heterocycles. The molecule has 7 heteroatoms. The summed E-state index contributed by atoms with van der Waals surface area (Å²) in [5, 5.41) is 10.5. The van der Waals surface area contributed by atoms with Gasteiger partial charge in [-0.3, -0.25) is 0 Å². The van der Waals surface area contributed by atoms with Gasteiger partial charge in [0, 0.05) is 37.8 Å². The third-order valence-electron chi connectivity index (χ3n) is 5.43. The molecule has 1 aliphatic carbocycles. The lowest BCUT2D eigenvalue weighted by Gasteiger charge is -2.30. The fourth-order valence-electron chi connectivity index (χ4n) is 3.96. The highest BCUT2D eigenvalue weighted by Gasteiger charge is 2.29. The minimum absolute atomic E-state index is 0.0248. The predicted octanol–water partition coefficient (Wildman–Crippen LogP) is 3.36. The number of rotatable bonds is 5. The van der Waals surface area contributed by atoms with Crippen LogP contribution in [-0.2, 0) is 12.8 Å². The normalized spacial score (nSPS) is 21.1. The number of nitrogens with zero attached hydrogens (tertiary/aromatic N) is 2. The van der Waals surface area contributed by atoms with Crippen molar-refractivity contribution in [2.45, 2.75) is 57.2 Å². The predicted molar refractivity (Wildman–Crippen MR) is 92.2 cm³/mol. The van der Waals surface area contributed by atoms with Crippen molar-refractivity contribution in [2.24, 2.45) is 5.92 Å². The molecule has 0 amide bonds. The summed E-state index contributed by atoms with van der Waals surface area (Å²) >= 11 is 0. The second-order valence-corrected chi connectivity index (χ2v) is 7.43. The first-order valence-electron chi connectivity index (χ1n) is 9.49. The van der Waals surface area contributed by atoms with Gasteiger partial charge in [-0.25, -0.2) is 4.98 Å². The summed E-state index contributed by atoms with van der Waals surface area (Å²) in [6.07, 6.45) is 2.70. The van der Waals surface area contributed by atoms with Gasteiger partial charge in [0.05, 0.1) is 6.10 Å². The van der Waals surface area contributed by atoms with Crippen LogP contribution in [0.5, 0.6) is 5.88 Å². The van der Waals surface area contributed by atoms with Crippen LogP contribution < -0.4 is 4.74 Å². The molecule has 1 N–H and O–H groups in total. The average molecular weight is 372 g/mol. The lowest BCUT2D eigenvalue weighted by atomic mass is 9.85. The van der Waals surface area contributed by atoms with E-state index in [-0.39, 0.29) is 12.0 Å². The molecule has 0 aromatic carbocycles. The Hall–Kier alpha value is -1.34. The lowest BCUT2D eigenvalue weighted by molar-refractivity contribution is -0.154. The maximum Gasteiger partial charge on any atom is 0.422 e. The molecule has 1 unspecified atom stereocenters. The number of hydrogen-bond acceptors (Lipinski definition) is 4. The van der Waals surface area contributed by atoms with Gasteiger partial charge in [0.15, 0.2) is 6.61 Å². The molecule has 1 aromatic heterocycles. The third-order valence-corrected chi connectivity index (χ3v) is 5.43. The van der Waals surface area contributed by atoms with Gasteiger partial charge in [0.2, 0.25) is 5.88 Å².